The van der Waals surface area contributed by atoms with Crippen molar-refractivity contribution in [1.29, 1.82) is 0 Å². The highest BCUT2D eigenvalue weighted by Crippen LogP contribution is 2.32. The molecule has 3 aromatic rings. The lowest BCUT2D eigenvalue weighted by atomic mass is 10.1. The molecule has 1 fully saturated rings. The van der Waals surface area contributed by atoms with Crippen LogP contribution in [0.3, 0.4) is 0 Å². The molecule has 2 unspecified atom stereocenters. The number of para-hydroxylation sites is 1. The van der Waals surface area contributed by atoms with Crippen LogP contribution in [-0.2, 0) is 11.3 Å². The molecule has 6 nitrogen and oxygen atoms in total. The molecular weight excluding hydrogens is 429 g/mol. The van der Waals surface area contributed by atoms with E-state index in [1.54, 1.807) is 18.6 Å². The molecule has 168 valence electrons. The molecule has 8 heteroatoms. The quantitative estimate of drug-likeness (QED) is 0.593. The summed E-state index contributed by atoms with van der Waals surface area (Å²) in [6, 6.07) is 12.6. The summed E-state index contributed by atoms with van der Waals surface area (Å²) in [5, 5.41) is 5.24. The fraction of sp³-hybridized carbons (Fsp3) is 0.333. The largest absolute Gasteiger partial charge is 0.496 e. The Balaban J connectivity index is 1.40. The smallest absolute Gasteiger partial charge is 0.271 e. The normalized spacial score (nSPS) is 18.4. The van der Waals surface area contributed by atoms with Gasteiger partial charge in [0.05, 0.1) is 30.6 Å². The average molecular weight is 456 g/mol. The molecule has 1 amide bonds. The van der Waals surface area contributed by atoms with E-state index in [0.29, 0.717) is 40.8 Å². The molecule has 32 heavy (non-hydrogen) atoms. The fourth-order valence-electron chi connectivity index (χ4n) is 3.89. The van der Waals surface area contributed by atoms with Crippen LogP contribution in [0.15, 0.2) is 47.8 Å². The van der Waals surface area contributed by atoms with Crippen LogP contribution in [0.4, 0.5) is 10.1 Å². The number of rotatable bonds is 6. The number of hydrogen-bond donors (Lipinski definition) is 1. The van der Waals surface area contributed by atoms with Crippen LogP contribution in [0.5, 0.6) is 5.75 Å². The second-order valence-electron chi connectivity index (χ2n) is 7.87. The van der Waals surface area contributed by atoms with E-state index < -0.39 is 0 Å². The van der Waals surface area contributed by atoms with Crippen molar-refractivity contribution in [3.8, 4) is 16.3 Å². The lowest BCUT2D eigenvalue weighted by Crippen LogP contribution is -2.45. The molecular formula is C24H26FN3O3S. The fourth-order valence-corrected chi connectivity index (χ4v) is 4.72. The van der Waals surface area contributed by atoms with E-state index in [0.717, 1.165) is 5.56 Å². The molecule has 0 saturated carbocycles. The molecule has 1 aliphatic heterocycles. The maximum absolute atomic E-state index is 14.8. The number of morpholine rings is 1. The number of methoxy groups -OCH3 is 1. The van der Waals surface area contributed by atoms with Gasteiger partial charge in [-0.1, -0.05) is 18.2 Å². The molecule has 0 bridgehead atoms. The zero-order valence-corrected chi connectivity index (χ0v) is 19.1. The average Bonchev–Trinajstić information content (AvgIpc) is 3.27. The van der Waals surface area contributed by atoms with Crippen molar-refractivity contribution < 1.29 is 18.7 Å². The third-order valence-corrected chi connectivity index (χ3v) is 6.18. The first kappa shape index (κ1) is 22.2. The van der Waals surface area contributed by atoms with Gasteiger partial charge in [-0.05, 0) is 43.7 Å². The Bertz CT molecular complexity index is 1090. The maximum atomic E-state index is 14.8. The monoisotopic (exact) mass is 455 g/mol. The summed E-state index contributed by atoms with van der Waals surface area (Å²) >= 11 is 1.37. The van der Waals surface area contributed by atoms with Crippen molar-refractivity contribution >= 4 is 22.9 Å². The number of benzene rings is 2. The Labute approximate surface area is 191 Å². The van der Waals surface area contributed by atoms with E-state index in [1.807, 2.05) is 49.1 Å². The number of carbonyl (C=O) groups is 1. The molecule has 1 saturated heterocycles. The summed E-state index contributed by atoms with van der Waals surface area (Å²) in [6.45, 7) is 5.49. The van der Waals surface area contributed by atoms with Crippen LogP contribution in [0.2, 0.25) is 0 Å². The number of thiazole rings is 1. The van der Waals surface area contributed by atoms with Crippen LogP contribution in [-0.4, -0.2) is 43.3 Å². The molecule has 0 spiro atoms. The first-order chi connectivity index (χ1) is 15.4. The summed E-state index contributed by atoms with van der Waals surface area (Å²) in [4.78, 5) is 19.0. The lowest BCUT2D eigenvalue weighted by molar-refractivity contribution is -0.00539. The van der Waals surface area contributed by atoms with Crippen LogP contribution >= 0.6 is 11.3 Å². The zero-order chi connectivity index (χ0) is 22.7. The molecule has 2 heterocycles. The Morgan fingerprint density at radius 1 is 1.25 bits per heavy atom. The number of aromatic nitrogens is 1. The highest BCUT2D eigenvalue weighted by atomic mass is 32.1. The number of nitrogens with one attached hydrogen (secondary N) is 1. The summed E-state index contributed by atoms with van der Waals surface area (Å²) in [6.07, 6.45) is 0.104. The van der Waals surface area contributed by atoms with Gasteiger partial charge in [0.2, 0.25) is 0 Å². The number of amides is 1. The van der Waals surface area contributed by atoms with Gasteiger partial charge < -0.3 is 19.7 Å². The number of carbonyl (C=O) groups excluding carboxylic acids is 1. The number of halogens is 1. The van der Waals surface area contributed by atoms with Crippen molar-refractivity contribution in [2.24, 2.45) is 0 Å². The zero-order valence-electron chi connectivity index (χ0n) is 18.3. The van der Waals surface area contributed by atoms with Gasteiger partial charge in [-0.2, -0.15) is 0 Å². The molecule has 1 aromatic heterocycles. The van der Waals surface area contributed by atoms with Gasteiger partial charge in [-0.3, -0.25) is 4.79 Å². The minimum absolute atomic E-state index is 0.0518. The Morgan fingerprint density at radius 2 is 2.00 bits per heavy atom. The molecule has 4 rings (SSSR count). The van der Waals surface area contributed by atoms with Crippen LogP contribution in [0.25, 0.3) is 10.6 Å². The molecule has 1 aliphatic rings. The van der Waals surface area contributed by atoms with Gasteiger partial charge in [0.25, 0.3) is 5.91 Å². The van der Waals surface area contributed by atoms with Crippen LogP contribution in [0, 0.1) is 5.82 Å². The SMILES string of the molecule is COc1ccccc1-c1nc(C(=O)NCc2ccc(N3CC(C)OC(C)C3)c(F)c2)cs1. The van der Waals surface area contributed by atoms with Crippen molar-refractivity contribution in [1.82, 2.24) is 10.3 Å². The first-order valence-corrected chi connectivity index (χ1v) is 11.4. The molecule has 1 N–H and O–H groups in total. The minimum Gasteiger partial charge on any atom is -0.496 e. The van der Waals surface area contributed by atoms with Crippen molar-refractivity contribution in [2.45, 2.75) is 32.6 Å². The maximum Gasteiger partial charge on any atom is 0.271 e. The van der Waals surface area contributed by atoms with Crippen LogP contribution < -0.4 is 15.0 Å². The molecule has 0 aliphatic carbocycles. The van der Waals surface area contributed by atoms with Crippen molar-refractivity contribution in [2.75, 3.05) is 25.1 Å². The second-order valence-corrected chi connectivity index (χ2v) is 8.73. The third kappa shape index (κ3) is 4.92. The minimum atomic E-state index is -0.303. The topological polar surface area (TPSA) is 63.7 Å². The molecule has 2 aromatic carbocycles. The van der Waals surface area contributed by atoms with Crippen molar-refractivity contribution in [3.63, 3.8) is 0 Å². The second kappa shape index (κ2) is 9.67. The van der Waals surface area contributed by atoms with Crippen LogP contribution in [0.1, 0.15) is 29.9 Å². The van der Waals surface area contributed by atoms with E-state index in [9.17, 15) is 9.18 Å². The summed E-state index contributed by atoms with van der Waals surface area (Å²) < 4.78 is 25.9. The number of ether oxygens (including phenoxy) is 2. The Kier molecular flexibility index (Phi) is 6.72. The van der Waals surface area contributed by atoms with Gasteiger partial charge in [0, 0.05) is 25.0 Å². The first-order valence-electron chi connectivity index (χ1n) is 10.5. The highest BCUT2D eigenvalue weighted by molar-refractivity contribution is 7.13. The number of nitrogens with zero attached hydrogens (tertiary/aromatic N) is 2. The van der Waals surface area contributed by atoms with E-state index in [2.05, 4.69) is 10.3 Å². The predicted octanol–water partition coefficient (Wildman–Crippen LogP) is 4.50. The highest BCUT2D eigenvalue weighted by Gasteiger charge is 2.24. The van der Waals surface area contributed by atoms with Crippen molar-refractivity contribution in [3.05, 3.63) is 64.9 Å². The van der Waals surface area contributed by atoms with E-state index >= 15 is 0 Å². The van der Waals surface area contributed by atoms with Gasteiger partial charge in [-0.25, -0.2) is 9.37 Å². The number of hydrogen-bond acceptors (Lipinski definition) is 6. The van der Waals surface area contributed by atoms with Gasteiger partial charge in [0.15, 0.2) is 0 Å². The van der Waals surface area contributed by atoms with Gasteiger partial charge in [-0.15, -0.1) is 11.3 Å². The Morgan fingerprint density at radius 3 is 2.72 bits per heavy atom. The van der Waals surface area contributed by atoms with Gasteiger partial charge in [0.1, 0.15) is 22.3 Å². The Hall–Kier alpha value is -2.97. The van der Waals surface area contributed by atoms with Gasteiger partial charge >= 0.3 is 0 Å². The number of anilines is 1. The summed E-state index contributed by atoms with van der Waals surface area (Å²) in [5.41, 5.74) is 2.41. The molecule has 2 atom stereocenters. The molecule has 0 radical (unpaired) electrons. The van der Waals surface area contributed by atoms with E-state index in [-0.39, 0.29) is 30.5 Å². The summed E-state index contributed by atoms with van der Waals surface area (Å²) in [5.74, 6) is 0.0984. The third-order valence-electron chi connectivity index (χ3n) is 5.30. The summed E-state index contributed by atoms with van der Waals surface area (Å²) in [7, 11) is 1.60. The predicted molar refractivity (Wildman–Crippen MR) is 124 cm³/mol. The van der Waals surface area contributed by atoms with E-state index in [4.69, 9.17) is 9.47 Å². The van der Waals surface area contributed by atoms with E-state index in [1.165, 1.54) is 17.4 Å². The lowest BCUT2D eigenvalue weighted by Gasteiger charge is -2.37. The standard InChI is InChI=1S/C24H26FN3O3S/c1-15-12-28(13-16(2)31-15)21-9-8-17(10-19(21)25)11-26-23(29)20-14-32-24(27-20)18-6-4-5-7-22(18)30-3/h4-10,14-16H,11-13H2,1-3H3,(H,26,29).